The molecule has 5 heteroatoms. The molecule has 26 heavy (non-hydrogen) atoms. The van der Waals surface area contributed by atoms with E-state index in [1.165, 1.54) is 0 Å². The minimum absolute atomic E-state index is 0.0770. The fourth-order valence-corrected chi connectivity index (χ4v) is 2.55. The third-order valence-electron chi connectivity index (χ3n) is 3.93. The van der Waals surface area contributed by atoms with Gasteiger partial charge in [0, 0.05) is 42.8 Å². The molecule has 0 atom stereocenters. The van der Waals surface area contributed by atoms with E-state index in [-0.39, 0.29) is 11.8 Å². The van der Waals surface area contributed by atoms with E-state index in [1.807, 2.05) is 30.3 Å². The molecule has 0 fully saturated rings. The number of rotatable bonds is 5. The molecular formula is C21H19N3O2. The van der Waals surface area contributed by atoms with Crippen molar-refractivity contribution in [2.45, 2.75) is 6.54 Å². The van der Waals surface area contributed by atoms with Crippen molar-refractivity contribution >= 4 is 17.5 Å². The Morgan fingerprint density at radius 3 is 2.35 bits per heavy atom. The summed E-state index contributed by atoms with van der Waals surface area (Å²) in [6.07, 6.45) is 3.39. The number of ketones is 1. The summed E-state index contributed by atoms with van der Waals surface area (Å²) in [6, 6.07) is 19.5. The van der Waals surface area contributed by atoms with E-state index in [4.69, 9.17) is 0 Å². The smallest absolute Gasteiger partial charge is 0.321 e. The van der Waals surface area contributed by atoms with Gasteiger partial charge >= 0.3 is 6.03 Å². The van der Waals surface area contributed by atoms with Gasteiger partial charge in [-0.2, -0.15) is 0 Å². The number of hydrogen-bond donors (Lipinski definition) is 1. The summed E-state index contributed by atoms with van der Waals surface area (Å²) in [7, 11) is 1.72. The average molecular weight is 345 g/mol. The highest BCUT2D eigenvalue weighted by Gasteiger charge is 2.12. The number of amides is 2. The number of carbonyl (C=O) groups is 2. The fraction of sp³-hybridized carbons (Fsp3) is 0.0952. The van der Waals surface area contributed by atoms with Crippen molar-refractivity contribution in [1.29, 1.82) is 0 Å². The summed E-state index contributed by atoms with van der Waals surface area (Å²) >= 11 is 0. The highest BCUT2D eigenvalue weighted by Crippen LogP contribution is 2.15. The minimum Gasteiger partial charge on any atom is -0.323 e. The maximum atomic E-state index is 12.5. The first-order valence-corrected chi connectivity index (χ1v) is 8.24. The molecule has 0 bridgehead atoms. The van der Waals surface area contributed by atoms with Gasteiger partial charge in [-0.3, -0.25) is 9.78 Å². The summed E-state index contributed by atoms with van der Waals surface area (Å²) in [4.78, 5) is 30.4. The zero-order valence-electron chi connectivity index (χ0n) is 14.4. The van der Waals surface area contributed by atoms with E-state index in [0.717, 1.165) is 5.56 Å². The summed E-state index contributed by atoms with van der Waals surface area (Å²) < 4.78 is 0. The van der Waals surface area contributed by atoms with Crippen molar-refractivity contribution in [1.82, 2.24) is 9.88 Å². The van der Waals surface area contributed by atoms with Crippen molar-refractivity contribution in [3.05, 3.63) is 95.8 Å². The molecule has 1 aromatic heterocycles. The number of anilines is 1. The molecule has 0 aliphatic rings. The second-order valence-corrected chi connectivity index (χ2v) is 5.92. The Morgan fingerprint density at radius 1 is 0.923 bits per heavy atom. The lowest BCUT2D eigenvalue weighted by Gasteiger charge is -2.18. The maximum Gasteiger partial charge on any atom is 0.321 e. The monoisotopic (exact) mass is 345 g/mol. The van der Waals surface area contributed by atoms with Crippen LogP contribution in [-0.4, -0.2) is 28.7 Å². The van der Waals surface area contributed by atoms with E-state index in [1.54, 1.807) is 60.7 Å². The molecule has 2 aromatic carbocycles. The van der Waals surface area contributed by atoms with E-state index in [0.29, 0.717) is 23.4 Å². The SMILES string of the molecule is CN(Cc1ccncc1)C(=O)Nc1cccc(C(=O)c2ccccc2)c1. The van der Waals surface area contributed by atoms with Crippen molar-refractivity contribution < 1.29 is 9.59 Å². The fourth-order valence-electron chi connectivity index (χ4n) is 2.55. The molecule has 0 aliphatic heterocycles. The van der Waals surface area contributed by atoms with Crippen LogP contribution < -0.4 is 5.32 Å². The number of aromatic nitrogens is 1. The van der Waals surface area contributed by atoms with Gasteiger partial charge < -0.3 is 10.2 Å². The Morgan fingerprint density at radius 2 is 1.62 bits per heavy atom. The van der Waals surface area contributed by atoms with Crippen LogP contribution in [0.15, 0.2) is 79.1 Å². The van der Waals surface area contributed by atoms with E-state index >= 15 is 0 Å². The number of benzene rings is 2. The Hall–Kier alpha value is -3.47. The van der Waals surface area contributed by atoms with E-state index in [9.17, 15) is 9.59 Å². The van der Waals surface area contributed by atoms with Crippen LogP contribution in [0.5, 0.6) is 0 Å². The third-order valence-corrected chi connectivity index (χ3v) is 3.93. The van der Waals surface area contributed by atoms with E-state index < -0.39 is 0 Å². The first-order chi connectivity index (χ1) is 12.6. The molecule has 2 amide bonds. The number of urea groups is 1. The lowest BCUT2D eigenvalue weighted by atomic mass is 10.0. The standard InChI is InChI=1S/C21H19N3O2/c1-24(15-16-10-12-22-13-11-16)21(26)23-19-9-5-8-18(14-19)20(25)17-6-3-2-4-7-17/h2-14H,15H2,1H3,(H,23,26). The Balaban J connectivity index is 1.68. The van der Waals surface area contributed by atoms with E-state index in [2.05, 4.69) is 10.3 Å². The predicted molar refractivity (Wildman–Crippen MR) is 101 cm³/mol. The number of nitrogens with one attached hydrogen (secondary N) is 1. The third kappa shape index (κ3) is 4.33. The first-order valence-electron chi connectivity index (χ1n) is 8.24. The average Bonchev–Trinajstić information content (AvgIpc) is 2.69. The highest BCUT2D eigenvalue weighted by atomic mass is 16.2. The van der Waals surface area contributed by atoms with Gasteiger partial charge in [0.25, 0.3) is 0 Å². The Labute approximate surface area is 152 Å². The number of carbonyl (C=O) groups excluding carboxylic acids is 2. The van der Waals surface area contributed by atoms with Gasteiger partial charge in [0.2, 0.25) is 0 Å². The van der Waals surface area contributed by atoms with Crippen LogP contribution >= 0.6 is 0 Å². The molecular weight excluding hydrogens is 326 g/mol. The number of nitrogens with zero attached hydrogens (tertiary/aromatic N) is 2. The highest BCUT2D eigenvalue weighted by molar-refractivity contribution is 6.09. The topological polar surface area (TPSA) is 62.3 Å². The zero-order valence-corrected chi connectivity index (χ0v) is 14.4. The molecule has 3 rings (SSSR count). The molecule has 0 aliphatic carbocycles. The molecule has 1 N–H and O–H groups in total. The predicted octanol–water partition coefficient (Wildman–Crippen LogP) is 3.98. The Kier molecular flexibility index (Phi) is 5.39. The normalized spacial score (nSPS) is 10.2. The molecule has 0 spiro atoms. The second-order valence-electron chi connectivity index (χ2n) is 5.92. The van der Waals surface area contributed by atoms with Gasteiger partial charge in [0.05, 0.1) is 0 Å². The summed E-state index contributed by atoms with van der Waals surface area (Å²) in [5.41, 5.74) is 2.72. The van der Waals surface area contributed by atoms with Gasteiger partial charge in [-0.25, -0.2) is 4.79 Å². The molecule has 130 valence electrons. The lowest BCUT2D eigenvalue weighted by molar-refractivity contribution is 0.103. The largest absolute Gasteiger partial charge is 0.323 e. The van der Waals surface area contributed by atoms with Crippen LogP contribution in [-0.2, 0) is 6.54 Å². The summed E-state index contributed by atoms with van der Waals surface area (Å²) in [5, 5.41) is 2.83. The molecule has 1 heterocycles. The van der Waals surface area contributed by atoms with Gasteiger partial charge in [-0.05, 0) is 29.8 Å². The summed E-state index contributed by atoms with van der Waals surface area (Å²) in [5.74, 6) is -0.0770. The van der Waals surface area contributed by atoms with Crippen LogP contribution in [0.1, 0.15) is 21.5 Å². The maximum absolute atomic E-state index is 12.5. The van der Waals surface area contributed by atoms with Crippen molar-refractivity contribution in [3.8, 4) is 0 Å². The molecule has 3 aromatic rings. The van der Waals surface area contributed by atoms with Gasteiger partial charge in [0.1, 0.15) is 0 Å². The van der Waals surface area contributed by atoms with Crippen molar-refractivity contribution in [2.24, 2.45) is 0 Å². The molecule has 0 radical (unpaired) electrons. The van der Waals surface area contributed by atoms with Crippen LogP contribution in [0, 0.1) is 0 Å². The second kappa shape index (κ2) is 8.07. The van der Waals surface area contributed by atoms with Crippen LogP contribution in [0.25, 0.3) is 0 Å². The minimum atomic E-state index is -0.244. The van der Waals surface area contributed by atoms with Gasteiger partial charge in [0.15, 0.2) is 5.78 Å². The van der Waals surface area contributed by atoms with Gasteiger partial charge in [-0.15, -0.1) is 0 Å². The van der Waals surface area contributed by atoms with Crippen molar-refractivity contribution in [3.63, 3.8) is 0 Å². The number of pyridine rings is 1. The molecule has 0 saturated heterocycles. The Bertz CT molecular complexity index is 895. The molecule has 5 nitrogen and oxygen atoms in total. The van der Waals surface area contributed by atoms with Crippen LogP contribution in [0.3, 0.4) is 0 Å². The van der Waals surface area contributed by atoms with Crippen LogP contribution in [0.2, 0.25) is 0 Å². The van der Waals surface area contributed by atoms with Crippen LogP contribution in [0.4, 0.5) is 10.5 Å². The molecule has 0 unspecified atom stereocenters. The number of hydrogen-bond acceptors (Lipinski definition) is 3. The molecule has 0 saturated carbocycles. The lowest BCUT2D eigenvalue weighted by Crippen LogP contribution is -2.30. The van der Waals surface area contributed by atoms with Gasteiger partial charge in [-0.1, -0.05) is 42.5 Å². The zero-order chi connectivity index (χ0) is 18.4. The first kappa shape index (κ1) is 17.4. The van der Waals surface area contributed by atoms with Crippen molar-refractivity contribution in [2.75, 3.05) is 12.4 Å². The quantitative estimate of drug-likeness (QED) is 0.712. The summed E-state index contributed by atoms with van der Waals surface area (Å²) in [6.45, 7) is 0.469.